The van der Waals surface area contributed by atoms with Crippen LogP contribution in [0.3, 0.4) is 0 Å². The number of aliphatic hydroxyl groups excluding tert-OH is 1. The molecule has 4 N–H and O–H groups in total. The predicted molar refractivity (Wildman–Crippen MR) is 151 cm³/mol. The maximum absolute atomic E-state index is 13.6. The van der Waals surface area contributed by atoms with Crippen LogP contribution in [-0.2, 0) is 9.59 Å². The van der Waals surface area contributed by atoms with E-state index in [9.17, 15) is 24.2 Å². The molecule has 1 aromatic heterocycles. The molecule has 0 radical (unpaired) electrons. The third-order valence-electron chi connectivity index (χ3n) is 6.51. The van der Waals surface area contributed by atoms with Gasteiger partial charge in [0.05, 0.1) is 36.0 Å². The molecule has 0 spiro atoms. The molecule has 212 valence electrons. The minimum absolute atomic E-state index is 0.0387. The summed E-state index contributed by atoms with van der Waals surface area (Å²) in [5.41, 5.74) is 0.696. The van der Waals surface area contributed by atoms with Crippen molar-refractivity contribution < 1.29 is 28.9 Å². The Balaban J connectivity index is 1.58. The molecule has 1 aliphatic carbocycles. The van der Waals surface area contributed by atoms with Crippen LogP contribution < -0.4 is 15.4 Å². The Morgan fingerprint density at radius 2 is 2.02 bits per heavy atom. The molecule has 0 unspecified atom stereocenters. The Labute approximate surface area is 235 Å². The van der Waals surface area contributed by atoms with E-state index >= 15 is 0 Å². The Hall–Kier alpha value is -3.80. The monoisotopic (exact) mass is 571 g/mol. The number of hydrogen-bond donors (Lipinski definition) is 4. The lowest BCUT2D eigenvalue weighted by atomic mass is 10.0. The number of carbonyl (C=O) groups excluding carboxylic acids is 1. The van der Waals surface area contributed by atoms with Crippen molar-refractivity contribution in [1.82, 2.24) is 14.9 Å². The van der Waals surface area contributed by atoms with Gasteiger partial charge in [-0.25, -0.2) is 14.4 Å². The second-order valence-corrected chi connectivity index (χ2v) is 10.6. The van der Waals surface area contributed by atoms with Gasteiger partial charge in [0.25, 0.3) is 0 Å². The molecule has 40 heavy (non-hydrogen) atoms. The second kappa shape index (κ2) is 12.6. The molecule has 0 saturated heterocycles. The first-order chi connectivity index (χ1) is 19.1. The highest BCUT2D eigenvalue weighted by Gasteiger charge is 2.27. The number of benzene rings is 2. The smallest absolute Gasteiger partial charge is 0.317 e. The molecular weight excluding hydrogens is 541 g/mol. The van der Waals surface area contributed by atoms with Gasteiger partial charge in [0.2, 0.25) is 5.91 Å². The van der Waals surface area contributed by atoms with E-state index in [0.29, 0.717) is 46.4 Å². The highest BCUT2D eigenvalue weighted by molar-refractivity contribution is 6.31. The van der Waals surface area contributed by atoms with E-state index in [0.717, 1.165) is 12.8 Å². The molecule has 0 bridgehead atoms. The summed E-state index contributed by atoms with van der Waals surface area (Å²) in [4.78, 5) is 34.4. The van der Waals surface area contributed by atoms with Gasteiger partial charge in [-0.1, -0.05) is 17.7 Å². The van der Waals surface area contributed by atoms with E-state index in [2.05, 4.69) is 20.6 Å². The van der Waals surface area contributed by atoms with Crippen LogP contribution in [0.1, 0.15) is 26.7 Å². The van der Waals surface area contributed by atoms with Gasteiger partial charge >= 0.3 is 5.97 Å². The van der Waals surface area contributed by atoms with E-state index in [1.807, 2.05) is 0 Å². The van der Waals surface area contributed by atoms with Crippen molar-refractivity contribution in [2.45, 2.75) is 32.2 Å². The van der Waals surface area contributed by atoms with Crippen molar-refractivity contribution in [2.24, 2.45) is 5.92 Å². The fourth-order valence-corrected chi connectivity index (χ4v) is 4.03. The fraction of sp³-hybridized carbons (Fsp3) is 0.357. The van der Waals surface area contributed by atoms with E-state index in [1.54, 1.807) is 30.9 Å². The number of aliphatic carboxylic acids is 1. The molecule has 0 atom stereocenters. The van der Waals surface area contributed by atoms with Gasteiger partial charge in [-0.05, 0) is 56.9 Å². The van der Waals surface area contributed by atoms with Crippen molar-refractivity contribution in [1.29, 1.82) is 0 Å². The average molecular weight is 572 g/mol. The largest absolute Gasteiger partial charge is 0.491 e. The minimum atomic E-state index is -1.04. The Morgan fingerprint density at radius 1 is 1.25 bits per heavy atom. The number of halogens is 2. The number of fused-ring (bicyclic) bond motifs is 1. The molecule has 1 saturated carbocycles. The summed E-state index contributed by atoms with van der Waals surface area (Å²) in [6, 6.07) is 7.63. The summed E-state index contributed by atoms with van der Waals surface area (Å²) in [6.07, 6.45) is 6.41. The SMILES string of the molecule is CC(C)(CO)N(C/C=C/C(=O)Nc1cc2c(Nc3ccc(F)c(Cl)c3)ncnc2cc1OCC1CC1)CC(=O)O. The highest BCUT2D eigenvalue weighted by atomic mass is 35.5. The molecule has 3 aromatic rings. The summed E-state index contributed by atoms with van der Waals surface area (Å²) in [6.45, 7) is 3.54. The Bertz CT molecular complexity index is 1430. The first-order valence-electron chi connectivity index (χ1n) is 12.7. The van der Waals surface area contributed by atoms with Gasteiger partial charge in [-0.3, -0.25) is 14.5 Å². The number of anilines is 3. The third-order valence-corrected chi connectivity index (χ3v) is 6.80. The standard InChI is InChI=1S/C28H31ClFN5O5/c1-28(2,15-36)35(13-26(38)39)9-3-4-25(37)34-23-11-19-22(12-24(23)40-14-17-5-6-17)31-16-32-27(19)33-18-7-8-21(30)20(29)10-18/h3-4,7-8,10-12,16-17,36H,5-6,9,13-15H2,1-2H3,(H,34,37)(H,38,39)(H,31,32,33)/b4-3+. The van der Waals surface area contributed by atoms with Crippen LogP contribution in [0.2, 0.25) is 5.02 Å². The van der Waals surface area contributed by atoms with E-state index in [4.69, 9.17) is 16.3 Å². The lowest BCUT2D eigenvalue weighted by Crippen LogP contribution is -2.49. The van der Waals surface area contributed by atoms with Crippen LogP contribution in [0.5, 0.6) is 5.75 Å². The Morgan fingerprint density at radius 3 is 2.70 bits per heavy atom. The second-order valence-electron chi connectivity index (χ2n) is 10.2. The van der Waals surface area contributed by atoms with E-state index in [1.165, 1.54) is 36.7 Å². The molecule has 1 amide bonds. The number of nitrogens with one attached hydrogen (secondary N) is 2. The fourth-order valence-electron chi connectivity index (χ4n) is 3.85. The molecule has 1 fully saturated rings. The van der Waals surface area contributed by atoms with Crippen molar-refractivity contribution in [2.75, 3.05) is 36.9 Å². The summed E-state index contributed by atoms with van der Waals surface area (Å²) in [5, 5.41) is 25.4. The highest BCUT2D eigenvalue weighted by Crippen LogP contribution is 2.36. The first kappa shape index (κ1) is 29.2. The van der Waals surface area contributed by atoms with Gasteiger partial charge in [-0.15, -0.1) is 0 Å². The summed E-state index contributed by atoms with van der Waals surface area (Å²) >= 11 is 5.92. The maximum Gasteiger partial charge on any atom is 0.317 e. The van der Waals surface area contributed by atoms with Crippen LogP contribution in [-0.4, -0.2) is 68.8 Å². The number of carboxylic acid groups (broad SMARTS) is 1. The van der Waals surface area contributed by atoms with Crippen molar-refractivity contribution in [3.05, 3.63) is 59.7 Å². The number of aromatic nitrogens is 2. The van der Waals surface area contributed by atoms with Gasteiger partial charge < -0.3 is 25.6 Å². The van der Waals surface area contributed by atoms with E-state index in [-0.39, 0.29) is 24.7 Å². The molecular formula is C28H31ClFN5O5. The zero-order valence-electron chi connectivity index (χ0n) is 22.2. The number of nitrogens with zero attached hydrogens (tertiary/aromatic N) is 3. The molecule has 10 nitrogen and oxygen atoms in total. The van der Waals surface area contributed by atoms with Gasteiger partial charge in [-0.2, -0.15) is 0 Å². The van der Waals surface area contributed by atoms with E-state index < -0.39 is 23.2 Å². The minimum Gasteiger partial charge on any atom is -0.491 e. The third kappa shape index (κ3) is 7.65. The number of ether oxygens (including phenoxy) is 1. The van der Waals surface area contributed by atoms with Crippen LogP contribution >= 0.6 is 11.6 Å². The van der Waals surface area contributed by atoms with Crippen LogP contribution in [0.4, 0.5) is 21.6 Å². The number of aliphatic hydroxyl groups is 1. The molecule has 0 aliphatic heterocycles. The summed E-state index contributed by atoms with van der Waals surface area (Å²) in [7, 11) is 0. The van der Waals surface area contributed by atoms with Gasteiger partial charge in [0.1, 0.15) is 23.7 Å². The van der Waals surface area contributed by atoms with Gasteiger partial charge in [0.15, 0.2) is 0 Å². The molecule has 12 heteroatoms. The average Bonchev–Trinajstić information content (AvgIpc) is 3.74. The molecule has 1 aliphatic rings. The van der Waals surface area contributed by atoms with Crippen molar-refractivity contribution in [3.63, 3.8) is 0 Å². The van der Waals surface area contributed by atoms with Crippen LogP contribution in [0.25, 0.3) is 10.9 Å². The maximum atomic E-state index is 13.6. The topological polar surface area (TPSA) is 137 Å². The number of amides is 1. The number of carboxylic acids is 1. The van der Waals surface area contributed by atoms with Gasteiger partial charge in [0, 0.05) is 35.3 Å². The Kier molecular flexibility index (Phi) is 9.18. The number of rotatable bonds is 13. The molecule has 4 rings (SSSR count). The lowest BCUT2D eigenvalue weighted by Gasteiger charge is -2.35. The molecule has 1 heterocycles. The zero-order chi connectivity index (χ0) is 28.9. The quantitative estimate of drug-likeness (QED) is 0.217. The summed E-state index contributed by atoms with van der Waals surface area (Å²) in [5.74, 6) is -0.694. The summed E-state index contributed by atoms with van der Waals surface area (Å²) < 4.78 is 19.6. The normalized spacial score (nSPS) is 13.7. The lowest BCUT2D eigenvalue weighted by molar-refractivity contribution is -0.140. The first-order valence-corrected chi connectivity index (χ1v) is 13.1. The zero-order valence-corrected chi connectivity index (χ0v) is 22.9. The van der Waals surface area contributed by atoms with Crippen molar-refractivity contribution in [3.8, 4) is 5.75 Å². The van der Waals surface area contributed by atoms with Crippen molar-refractivity contribution >= 4 is 51.6 Å². The number of carbonyl (C=O) groups is 2. The number of hydrogen-bond acceptors (Lipinski definition) is 8. The van der Waals surface area contributed by atoms with Crippen LogP contribution in [0, 0.1) is 11.7 Å². The van der Waals surface area contributed by atoms with Crippen LogP contribution in [0.15, 0.2) is 48.8 Å². The molecule has 2 aromatic carbocycles. The predicted octanol–water partition coefficient (Wildman–Crippen LogP) is 4.61.